The van der Waals surface area contributed by atoms with Gasteiger partial charge in [0.1, 0.15) is 10.3 Å². The van der Waals surface area contributed by atoms with Gasteiger partial charge >= 0.3 is 0 Å². The molecule has 0 aliphatic carbocycles. The summed E-state index contributed by atoms with van der Waals surface area (Å²) in [4.78, 5) is 6.48. The fourth-order valence-electron chi connectivity index (χ4n) is 2.31. The highest BCUT2D eigenvalue weighted by molar-refractivity contribution is 6.32. The molecule has 0 bridgehead atoms. The molecule has 0 amide bonds. The van der Waals surface area contributed by atoms with Crippen LogP contribution in [0.4, 0.5) is 0 Å². The van der Waals surface area contributed by atoms with Gasteiger partial charge in [-0.05, 0) is 38.5 Å². The second-order valence-corrected chi connectivity index (χ2v) is 5.28. The Morgan fingerprint density at radius 3 is 3.00 bits per heavy atom. The average Bonchev–Trinajstić information content (AvgIpc) is 2.71. The molecule has 1 saturated heterocycles. The molecule has 1 aromatic heterocycles. The largest absolute Gasteiger partial charge is 0.319 e. The van der Waals surface area contributed by atoms with Crippen LogP contribution < -0.4 is 5.32 Å². The Morgan fingerprint density at radius 1 is 1.47 bits per heavy atom. The van der Waals surface area contributed by atoms with Gasteiger partial charge in [-0.2, -0.15) is 0 Å². The maximum atomic E-state index is 6.07. The fourth-order valence-corrected chi connectivity index (χ4v) is 2.72. The SMILES string of the molecule is CNCC1CCN(Cc2ccc(Cl)nc2Cl)C1. The number of nitrogens with one attached hydrogen (secondary N) is 1. The topological polar surface area (TPSA) is 28.2 Å². The minimum absolute atomic E-state index is 0.452. The van der Waals surface area contributed by atoms with Crippen LogP contribution in [0.2, 0.25) is 10.3 Å². The van der Waals surface area contributed by atoms with Crippen molar-refractivity contribution in [2.75, 3.05) is 26.7 Å². The van der Waals surface area contributed by atoms with E-state index >= 15 is 0 Å². The molecule has 1 fully saturated rings. The van der Waals surface area contributed by atoms with Gasteiger partial charge in [-0.25, -0.2) is 4.98 Å². The summed E-state index contributed by atoms with van der Waals surface area (Å²) in [6.07, 6.45) is 1.25. The van der Waals surface area contributed by atoms with Crippen molar-refractivity contribution in [2.45, 2.75) is 13.0 Å². The van der Waals surface area contributed by atoms with Crippen molar-refractivity contribution in [2.24, 2.45) is 5.92 Å². The number of rotatable bonds is 4. The molecular weight excluding hydrogens is 257 g/mol. The molecule has 94 valence electrons. The van der Waals surface area contributed by atoms with Crippen LogP contribution in [-0.4, -0.2) is 36.6 Å². The summed E-state index contributed by atoms with van der Waals surface area (Å²) in [5.74, 6) is 0.749. The molecule has 1 N–H and O–H groups in total. The Kier molecular flexibility index (Phi) is 4.62. The molecule has 17 heavy (non-hydrogen) atoms. The molecule has 2 heterocycles. The van der Waals surface area contributed by atoms with E-state index in [1.807, 2.05) is 13.1 Å². The van der Waals surface area contributed by atoms with Crippen LogP contribution in [0.3, 0.4) is 0 Å². The zero-order chi connectivity index (χ0) is 12.3. The van der Waals surface area contributed by atoms with Crippen molar-refractivity contribution in [3.05, 3.63) is 28.0 Å². The Bertz CT molecular complexity index is 384. The van der Waals surface area contributed by atoms with Crippen LogP contribution in [-0.2, 0) is 6.54 Å². The van der Waals surface area contributed by atoms with E-state index in [1.54, 1.807) is 6.07 Å². The lowest BCUT2D eigenvalue weighted by Gasteiger charge is -2.16. The van der Waals surface area contributed by atoms with Crippen molar-refractivity contribution in [1.29, 1.82) is 0 Å². The quantitative estimate of drug-likeness (QED) is 0.855. The van der Waals surface area contributed by atoms with Crippen LogP contribution in [0, 0.1) is 5.92 Å². The van der Waals surface area contributed by atoms with E-state index in [2.05, 4.69) is 15.2 Å². The summed E-state index contributed by atoms with van der Waals surface area (Å²) < 4.78 is 0. The predicted molar refractivity (Wildman–Crippen MR) is 71.6 cm³/mol. The number of aromatic nitrogens is 1. The van der Waals surface area contributed by atoms with E-state index in [9.17, 15) is 0 Å². The highest BCUT2D eigenvalue weighted by Gasteiger charge is 2.22. The molecule has 1 aromatic rings. The standard InChI is InChI=1S/C12H17Cl2N3/c1-15-6-9-4-5-17(7-9)8-10-2-3-11(13)16-12(10)14/h2-3,9,15H,4-8H2,1H3. The molecule has 1 aliphatic rings. The Balaban J connectivity index is 1.93. The molecule has 0 radical (unpaired) electrons. The van der Waals surface area contributed by atoms with Crippen molar-refractivity contribution >= 4 is 23.2 Å². The smallest absolute Gasteiger partial charge is 0.135 e. The van der Waals surface area contributed by atoms with E-state index in [1.165, 1.54) is 6.42 Å². The first-order chi connectivity index (χ1) is 8.19. The molecule has 3 nitrogen and oxygen atoms in total. The molecule has 1 atom stereocenters. The van der Waals surface area contributed by atoms with Gasteiger partial charge in [-0.15, -0.1) is 0 Å². The van der Waals surface area contributed by atoms with Gasteiger partial charge in [-0.1, -0.05) is 29.3 Å². The molecule has 1 aliphatic heterocycles. The van der Waals surface area contributed by atoms with E-state index in [4.69, 9.17) is 23.2 Å². The van der Waals surface area contributed by atoms with Gasteiger partial charge in [0.05, 0.1) is 0 Å². The van der Waals surface area contributed by atoms with E-state index in [0.29, 0.717) is 10.3 Å². The van der Waals surface area contributed by atoms with Gasteiger partial charge in [0, 0.05) is 18.7 Å². The molecule has 5 heteroatoms. The Labute approximate surface area is 112 Å². The van der Waals surface area contributed by atoms with Crippen LogP contribution >= 0.6 is 23.2 Å². The summed E-state index contributed by atoms with van der Waals surface area (Å²) in [5, 5.41) is 4.21. The van der Waals surface area contributed by atoms with Crippen LogP contribution in [0.25, 0.3) is 0 Å². The zero-order valence-corrected chi connectivity index (χ0v) is 11.4. The number of hydrogen-bond acceptors (Lipinski definition) is 3. The number of halogens is 2. The maximum Gasteiger partial charge on any atom is 0.135 e. The normalized spacial score (nSPS) is 21.0. The van der Waals surface area contributed by atoms with Gasteiger partial charge in [0.15, 0.2) is 0 Å². The Hall–Kier alpha value is -0.350. The number of nitrogens with zero attached hydrogens (tertiary/aromatic N) is 2. The molecule has 2 rings (SSSR count). The number of hydrogen-bond donors (Lipinski definition) is 1. The van der Waals surface area contributed by atoms with E-state index < -0.39 is 0 Å². The highest BCUT2D eigenvalue weighted by Crippen LogP contribution is 2.22. The van der Waals surface area contributed by atoms with Crippen LogP contribution in [0.15, 0.2) is 12.1 Å². The fraction of sp³-hybridized carbons (Fsp3) is 0.583. The third-order valence-electron chi connectivity index (χ3n) is 3.15. The lowest BCUT2D eigenvalue weighted by molar-refractivity contribution is 0.315. The molecule has 0 aromatic carbocycles. The molecule has 0 saturated carbocycles. The summed E-state index contributed by atoms with van der Waals surface area (Å²) in [6.45, 7) is 4.21. The monoisotopic (exact) mass is 273 g/mol. The minimum atomic E-state index is 0.452. The highest BCUT2D eigenvalue weighted by atomic mass is 35.5. The average molecular weight is 274 g/mol. The first kappa shape index (κ1) is 13.1. The first-order valence-corrected chi connectivity index (χ1v) is 6.62. The number of likely N-dealkylation sites (tertiary alicyclic amines) is 1. The van der Waals surface area contributed by atoms with Gasteiger partial charge in [0.25, 0.3) is 0 Å². The Morgan fingerprint density at radius 2 is 2.29 bits per heavy atom. The van der Waals surface area contributed by atoms with Crippen LogP contribution in [0.5, 0.6) is 0 Å². The van der Waals surface area contributed by atoms with Gasteiger partial charge < -0.3 is 5.32 Å². The molecular formula is C12H17Cl2N3. The predicted octanol–water partition coefficient (Wildman–Crippen LogP) is 2.43. The third-order valence-corrected chi connectivity index (χ3v) is 3.69. The van der Waals surface area contributed by atoms with Gasteiger partial charge in [0.2, 0.25) is 0 Å². The summed E-state index contributed by atoms with van der Waals surface area (Å²) in [5.41, 5.74) is 1.06. The molecule has 1 unspecified atom stereocenters. The van der Waals surface area contributed by atoms with E-state index in [-0.39, 0.29) is 0 Å². The van der Waals surface area contributed by atoms with Gasteiger partial charge in [-0.3, -0.25) is 4.90 Å². The summed E-state index contributed by atoms with van der Waals surface area (Å²) >= 11 is 11.9. The zero-order valence-electron chi connectivity index (χ0n) is 9.92. The second-order valence-electron chi connectivity index (χ2n) is 4.53. The van der Waals surface area contributed by atoms with Crippen molar-refractivity contribution in [1.82, 2.24) is 15.2 Å². The van der Waals surface area contributed by atoms with Crippen molar-refractivity contribution in [3.8, 4) is 0 Å². The second kappa shape index (κ2) is 6.01. The maximum absolute atomic E-state index is 6.07. The lowest BCUT2D eigenvalue weighted by atomic mass is 10.1. The summed E-state index contributed by atoms with van der Waals surface area (Å²) in [6, 6.07) is 3.76. The number of pyridine rings is 1. The van der Waals surface area contributed by atoms with Crippen molar-refractivity contribution in [3.63, 3.8) is 0 Å². The first-order valence-electron chi connectivity index (χ1n) is 5.87. The van der Waals surface area contributed by atoms with E-state index in [0.717, 1.165) is 37.7 Å². The minimum Gasteiger partial charge on any atom is -0.319 e. The summed E-state index contributed by atoms with van der Waals surface area (Å²) in [7, 11) is 2.00. The van der Waals surface area contributed by atoms with Crippen molar-refractivity contribution < 1.29 is 0 Å². The lowest BCUT2D eigenvalue weighted by Crippen LogP contribution is -2.24. The third kappa shape index (κ3) is 3.55. The van der Waals surface area contributed by atoms with Crippen LogP contribution in [0.1, 0.15) is 12.0 Å². The molecule has 0 spiro atoms.